The molecule has 0 bridgehead atoms. The fraction of sp³-hybridized carbons (Fsp3) is 0.267. The second-order valence-electron chi connectivity index (χ2n) is 4.36. The summed E-state index contributed by atoms with van der Waals surface area (Å²) in [5, 5.41) is 8.93. The fourth-order valence-electron chi connectivity index (χ4n) is 1.98. The lowest BCUT2D eigenvalue weighted by molar-refractivity contribution is 0.0934. The highest BCUT2D eigenvalue weighted by atomic mass is 16.1. The van der Waals surface area contributed by atoms with Crippen molar-refractivity contribution in [3.8, 4) is 6.07 Å². The van der Waals surface area contributed by atoms with E-state index in [-0.39, 0.29) is 11.6 Å². The maximum Gasteiger partial charge on any atom is 0.213 e. The Morgan fingerprint density at radius 3 is 2.68 bits per heavy atom. The van der Waals surface area contributed by atoms with Gasteiger partial charge in [0.25, 0.3) is 0 Å². The Labute approximate surface area is 112 Å². The van der Waals surface area contributed by atoms with Crippen molar-refractivity contribution in [3.05, 3.63) is 53.6 Å². The fourth-order valence-corrected chi connectivity index (χ4v) is 1.98. The number of rotatable bonds is 4. The predicted molar refractivity (Wildman–Crippen MR) is 71.8 cm³/mol. The van der Waals surface area contributed by atoms with Crippen LogP contribution in [0.3, 0.4) is 0 Å². The van der Waals surface area contributed by atoms with Crippen LogP contribution in [-0.2, 0) is 6.42 Å². The molecule has 4 heteroatoms. The van der Waals surface area contributed by atoms with Gasteiger partial charge in [0.15, 0.2) is 5.78 Å². The standard InChI is InChI=1S/C15H15N3O/c1-3-12-4-6-13(7-5-12)15(19)11(2)18-9-8-17-14(18)10-16/h4-9,11H,3H2,1-2H3. The van der Waals surface area contributed by atoms with E-state index in [1.807, 2.05) is 30.3 Å². The highest BCUT2D eigenvalue weighted by molar-refractivity contribution is 5.98. The Kier molecular flexibility index (Phi) is 3.76. The van der Waals surface area contributed by atoms with Crippen LogP contribution < -0.4 is 0 Å². The van der Waals surface area contributed by atoms with E-state index in [2.05, 4.69) is 11.9 Å². The van der Waals surface area contributed by atoms with Gasteiger partial charge in [-0.3, -0.25) is 4.79 Å². The molecule has 0 saturated heterocycles. The number of carbonyl (C=O) groups excluding carboxylic acids is 1. The van der Waals surface area contributed by atoms with E-state index in [9.17, 15) is 4.79 Å². The van der Waals surface area contributed by atoms with Gasteiger partial charge < -0.3 is 4.57 Å². The first-order chi connectivity index (χ1) is 9.17. The summed E-state index contributed by atoms with van der Waals surface area (Å²) in [6, 6.07) is 9.14. The van der Waals surface area contributed by atoms with E-state index in [1.54, 1.807) is 17.7 Å². The van der Waals surface area contributed by atoms with Crippen LogP contribution in [0.5, 0.6) is 0 Å². The van der Waals surface area contributed by atoms with Gasteiger partial charge in [0.05, 0.1) is 6.04 Å². The van der Waals surface area contributed by atoms with Crippen LogP contribution in [0.1, 0.15) is 41.6 Å². The number of Topliss-reactive ketones (excluding diaryl/α,β-unsaturated/α-hetero) is 1. The van der Waals surface area contributed by atoms with E-state index >= 15 is 0 Å². The normalized spacial score (nSPS) is 11.8. The SMILES string of the molecule is CCc1ccc(C(=O)C(C)n2ccnc2C#N)cc1. The number of benzene rings is 1. The molecule has 0 aliphatic heterocycles. The van der Waals surface area contributed by atoms with Crippen LogP contribution in [-0.4, -0.2) is 15.3 Å². The zero-order valence-corrected chi connectivity index (χ0v) is 11.0. The minimum atomic E-state index is -0.426. The van der Waals surface area contributed by atoms with Gasteiger partial charge in [-0.2, -0.15) is 5.26 Å². The van der Waals surface area contributed by atoms with Crippen molar-refractivity contribution < 1.29 is 4.79 Å². The third-order valence-electron chi connectivity index (χ3n) is 3.21. The van der Waals surface area contributed by atoms with Crippen LogP contribution in [0.4, 0.5) is 0 Å². The molecule has 1 aromatic heterocycles. The summed E-state index contributed by atoms with van der Waals surface area (Å²) in [6.07, 6.45) is 4.13. The summed E-state index contributed by atoms with van der Waals surface area (Å²) >= 11 is 0. The molecule has 0 saturated carbocycles. The van der Waals surface area contributed by atoms with Gasteiger partial charge in [-0.15, -0.1) is 0 Å². The molecule has 0 spiro atoms. The number of nitrogens with zero attached hydrogens (tertiary/aromatic N) is 3. The first-order valence-electron chi connectivity index (χ1n) is 6.23. The quantitative estimate of drug-likeness (QED) is 0.787. The highest BCUT2D eigenvalue weighted by Gasteiger charge is 2.19. The molecule has 0 aliphatic carbocycles. The number of ketones is 1. The summed E-state index contributed by atoms with van der Waals surface area (Å²) in [6.45, 7) is 3.85. The van der Waals surface area contributed by atoms with Crippen molar-refractivity contribution >= 4 is 5.78 Å². The number of hydrogen-bond acceptors (Lipinski definition) is 3. The molecule has 0 amide bonds. The summed E-state index contributed by atoms with van der Waals surface area (Å²) in [7, 11) is 0. The van der Waals surface area contributed by atoms with Gasteiger partial charge in [-0.05, 0) is 18.9 Å². The average Bonchev–Trinajstić information content (AvgIpc) is 2.94. The highest BCUT2D eigenvalue weighted by Crippen LogP contribution is 2.16. The molecule has 1 heterocycles. The van der Waals surface area contributed by atoms with Gasteiger partial charge in [-0.1, -0.05) is 31.2 Å². The van der Waals surface area contributed by atoms with E-state index in [1.165, 1.54) is 11.8 Å². The predicted octanol–water partition coefficient (Wildman–Crippen LogP) is 2.76. The smallest absolute Gasteiger partial charge is 0.213 e. The zero-order chi connectivity index (χ0) is 13.8. The third-order valence-corrected chi connectivity index (χ3v) is 3.21. The average molecular weight is 253 g/mol. The van der Waals surface area contributed by atoms with E-state index in [0.717, 1.165) is 6.42 Å². The largest absolute Gasteiger partial charge is 0.312 e. The Hall–Kier alpha value is -2.41. The summed E-state index contributed by atoms with van der Waals surface area (Å²) in [4.78, 5) is 16.3. The van der Waals surface area contributed by atoms with Gasteiger partial charge >= 0.3 is 0 Å². The molecule has 2 rings (SSSR count). The van der Waals surface area contributed by atoms with Crippen molar-refractivity contribution in [2.45, 2.75) is 26.3 Å². The van der Waals surface area contributed by atoms with Gasteiger partial charge in [-0.25, -0.2) is 4.98 Å². The van der Waals surface area contributed by atoms with Crippen molar-refractivity contribution in [1.29, 1.82) is 5.26 Å². The van der Waals surface area contributed by atoms with Crippen molar-refractivity contribution in [1.82, 2.24) is 9.55 Å². The number of hydrogen-bond donors (Lipinski definition) is 0. The second-order valence-corrected chi connectivity index (χ2v) is 4.36. The monoisotopic (exact) mass is 253 g/mol. The Morgan fingerprint density at radius 2 is 2.11 bits per heavy atom. The van der Waals surface area contributed by atoms with Crippen molar-refractivity contribution in [2.75, 3.05) is 0 Å². The van der Waals surface area contributed by atoms with Crippen LogP contribution in [0.2, 0.25) is 0 Å². The molecule has 0 aliphatic rings. The van der Waals surface area contributed by atoms with Crippen molar-refractivity contribution in [2.24, 2.45) is 0 Å². The lowest BCUT2D eigenvalue weighted by Gasteiger charge is -2.13. The number of aryl methyl sites for hydroxylation is 1. The van der Waals surface area contributed by atoms with Crippen molar-refractivity contribution in [3.63, 3.8) is 0 Å². The number of aromatic nitrogens is 2. The minimum absolute atomic E-state index is 0.0165. The maximum atomic E-state index is 12.4. The molecule has 96 valence electrons. The summed E-state index contributed by atoms with van der Waals surface area (Å²) < 4.78 is 1.59. The number of imidazole rings is 1. The molecule has 0 fully saturated rings. The first kappa shape index (κ1) is 13.0. The number of nitriles is 1. The first-order valence-corrected chi connectivity index (χ1v) is 6.23. The number of carbonyl (C=O) groups is 1. The maximum absolute atomic E-state index is 12.4. The molecule has 19 heavy (non-hydrogen) atoms. The van der Waals surface area contributed by atoms with E-state index in [4.69, 9.17) is 5.26 Å². The molecule has 1 atom stereocenters. The zero-order valence-electron chi connectivity index (χ0n) is 11.0. The van der Waals surface area contributed by atoms with Crippen LogP contribution in [0.25, 0.3) is 0 Å². The molecular weight excluding hydrogens is 238 g/mol. The summed E-state index contributed by atoms with van der Waals surface area (Å²) in [5.41, 5.74) is 1.85. The molecule has 0 N–H and O–H groups in total. The van der Waals surface area contributed by atoms with Gasteiger partial charge in [0, 0.05) is 18.0 Å². The lowest BCUT2D eigenvalue weighted by Crippen LogP contribution is -2.17. The lowest BCUT2D eigenvalue weighted by atomic mass is 10.0. The Bertz CT molecular complexity index is 620. The molecule has 2 aromatic rings. The molecule has 1 aromatic carbocycles. The Balaban J connectivity index is 2.26. The van der Waals surface area contributed by atoms with Crippen LogP contribution >= 0.6 is 0 Å². The van der Waals surface area contributed by atoms with Gasteiger partial charge in [0.1, 0.15) is 6.07 Å². The molecule has 0 radical (unpaired) electrons. The van der Waals surface area contributed by atoms with Gasteiger partial charge in [0.2, 0.25) is 5.82 Å². The summed E-state index contributed by atoms with van der Waals surface area (Å²) in [5.74, 6) is 0.239. The third kappa shape index (κ3) is 2.55. The van der Waals surface area contributed by atoms with Crippen LogP contribution in [0.15, 0.2) is 36.7 Å². The van der Waals surface area contributed by atoms with E-state index < -0.39 is 6.04 Å². The molecule has 4 nitrogen and oxygen atoms in total. The minimum Gasteiger partial charge on any atom is -0.312 e. The molecular formula is C15H15N3O. The Morgan fingerprint density at radius 1 is 1.42 bits per heavy atom. The topological polar surface area (TPSA) is 58.7 Å². The van der Waals surface area contributed by atoms with E-state index in [0.29, 0.717) is 5.56 Å². The molecule has 1 unspecified atom stereocenters. The van der Waals surface area contributed by atoms with Crippen LogP contribution in [0, 0.1) is 11.3 Å². The second kappa shape index (κ2) is 5.49.